The maximum Gasteiger partial charge on any atom is 0.164 e. The fourth-order valence-electron chi connectivity index (χ4n) is 9.72. The molecule has 2 heterocycles. The van der Waals surface area contributed by atoms with Gasteiger partial charge in [0.15, 0.2) is 17.5 Å². The fraction of sp³-hybridized carbons (Fsp3) is 0.118. The molecule has 2 aromatic heterocycles. The molecule has 0 bridgehead atoms. The fourth-order valence-corrected chi connectivity index (χ4v) is 9.72. The standard InChI is InChI=1S/C51H38N4/c1-50(2)38-24-14-11-21-35(38)41-42-36-22-12-15-25-39(36)51(3,4)45(42)46-43(44(41)50)37-23-13-16-26-40(37)55(46)34-29-27-33(28-30-34)49-53-47(31-17-7-5-8-18-31)52-48(54-49)32-19-9-6-10-20-32/h5-30H,1-4H3. The van der Waals surface area contributed by atoms with Crippen molar-refractivity contribution in [2.75, 3.05) is 0 Å². The van der Waals surface area contributed by atoms with Crippen LogP contribution >= 0.6 is 0 Å². The molecule has 0 saturated carbocycles. The number of aromatic nitrogens is 4. The van der Waals surface area contributed by atoms with Crippen LogP contribution in [0.25, 0.3) is 83.9 Å². The van der Waals surface area contributed by atoms with Crippen LogP contribution in [0.4, 0.5) is 0 Å². The van der Waals surface area contributed by atoms with Gasteiger partial charge in [-0.1, -0.05) is 155 Å². The normalized spacial score (nSPS) is 14.5. The van der Waals surface area contributed by atoms with Crippen LogP contribution in [0, 0.1) is 0 Å². The van der Waals surface area contributed by atoms with Gasteiger partial charge in [-0.05, 0) is 74.8 Å². The van der Waals surface area contributed by atoms with Gasteiger partial charge in [0.05, 0.1) is 11.0 Å². The summed E-state index contributed by atoms with van der Waals surface area (Å²) in [6, 6.07) is 56.3. The molecule has 0 saturated heterocycles. The summed E-state index contributed by atoms with van der Waals surface area (Å²) < 4.78 is 2.53. The number of benzene rings is 7. The lowest BCUT2D eigenvalue weighted by Crippen LogP contribution is -2.19. The maximum atomic E-state index is 5.03. The highest BCUT2D eigenvalue weighted by Gasteiger charge is 2.47. The van der Waals surface area contributed by atoms with Crippen molar-refractivity contribution in [3.8, 4) is 62.1 Å². The van der Waals surface area contributed by atoms with Crippen molar-refractivity contribution >= 4 is 21.8 Å². The van der Waals surface area contributed by atoms with Gasteiger partial charge in [0.25, 0.3) is 0 Å². The van der Waals surface area contributed by atoms with Crippen LogP contribution in [-0.2, 0) is 10.8 Å². The van der Waals surface area contributed by atoms with Crippen LogP contribution in [-0.4, -0.2) is 19.5 Å². The Morgan fingerprint density at radius 1 is 0.418 bits per heavy atom. The summed E-state index contributed by atoms with van der Waals surface area (Å²) in [7, 11) is 0. The Hall–Kier alpha value is -6.65. The van der Waals surface area contributed by atoms with Crippen molar-refractivity contribution in [3.63, 3.8) is 0 Å². The van der Waals surface area contributed by atoms with Crippen LogP contribution in [0.2, 0.25) is 0 Å². The lowest BCUT2D eigenvalue weighted by Gasteiger charge is -2.27. The first-order valence-electron chi connectivity index (χ1n) is 19.1. The molecule has 7 aromatic carbocycles. The molecular formula is C51H38N4. The van der Waals surface area contributed by atoms with Crippen molar-refractivity contribution < 1.29 is 0 Å². The molecule has 0 N–H and O–H groups in total. The zero-order valence-electron chi connectivity index (χ0n) is 31.3. The van der Waals surface area contributed by atoms with Crippen molar-refractivity contribution in [2.24, 2.45) is 0 Å². The van der Waals surface area contributed by atoms with E-state index in [9.17, 15) is 0 Å². The molecular weight excluding hydrogens is 669 g/mol. The molecule has 9 aromatic rings. The van der Waals surface area contributed by atoms with Gasteiger partial charge in [-0.3, -0.25) is 0 Å². The molecule has 262 valence electrons. The lowest BCUT2D eigenvalue weighted by atomic mass is 9.76. The molecule has 0 fully saturated rings. The minimum Gasteiger partial charge on any atom is -0.309 e. The Morgan fingerprint density at radius 2 is 0.855 bits per heavy atom. The minimum absolute atomic E-state index is 0.189. The van der Waals surface area contributed by atoms with E-state index in [-0.39, 0.29) is 10.8 Å². The van der Waals surface area contributed by atoms with E-state index in [1.165, 1.54) is 66.3 Å². The van der Waals surface area contributed by atoms with Crippen LogP contribution in [0.15, 0.2) is 158 Å². The summed E-state index contributed by atoms with van der Waals surface area (Å²) in [5, 5.41) is 2.64. The second-order valence-corrected chi connectivity index (χ2v) is 16.0. The second-order valence-electron chi connectivity index (χ2n) is 16.0. The van der Waals surface area contributed by atoms with Crippen LogP contribution in [0.3, 0.4) is 0 Å². The largest absolute Gasteiger partial charge is 0.309 e. The van der Waals surface area contributed by atoms with Crippen molar-refractivity contribution in [1.29, 1.82) is 0 Å². The number of nitrogens with zero attached hydrogens (tertiary/aromatic N) is 4. The molecule has 0 aliphatic heterocycles. The van der Waals surface area contributed by atoms with E-state index in [1.807, 2.05) is 60.7 Å². The third-order valence-corrected chi connectivity index (χ3v) is 12.2. The van der Waals surface area contributed by atoms with Crippen molar-refractivity contribution in [3.05, 3.63) is 180 Å². The highest BCUT2D eigenvalue weighted by Crippen LogP contribution is 2.63. The number of para-hydroxylation sites is 1. The van der Waals surface area contributed by atoms with E-state index in [0.717, 1.165) is 22.4 Å². The maximum absolute atomic E-state index is 5.03. The molecule has 0 amide bonds. The first-order chi connectivity index (χ1) is 26.8. The Balaban J connectivity index is 1.18. The number of hydrogen-bond donors (Lipinski definition) is 0. The Bertz CT molecular complexity index is 2950. The summed E-state index contributed by atoms with van der Waals surface area (Å²) in [6.45, 7) is 9.66. The predicted molar refractivity (Wildman–Crippen MR) is 226 cm³/mol. The van der Waals surface area contributed by atoms with Gasteiger partial charge < -0.3 is 4.57 Å². The molecule has 2 aliphatic rings. The van der Waals surface area contributed by atoms with Crippen molar-refractivity contribution in [2.45, 2.75) is 38.5 Å². The van der Waals surface area contributed by atoms with Gasteiger partial charge in [-0.2, -0.15) is 0 Å². The highest BCUT2D eigenvalue weighted by molar-refractivity contribution is 6.20. The summed E-state index contributed by atoms with van der Waals surface area (Å²) in [6.07, 6.45) is 0. The molecule has 2 aliphatic carbocycles. The topological polar surface area (TPSA) is 43.6 Å². The van der Waals surface area contributed by atoms with Crippen LogP contribution in [0.1, 0.15) is 49.9 Å². The first kappa shape index (κ1) is 31.8. The van der Waals surface area contributed by atoms with Crippen molar-refractivity contribution in [1.82, 2.24) is 19.5 Å². The molecule has 4 nitrogen and oxygen atoms in total. The molecule has 0 spiro atoms. The molecule has 0 atom stereocenters. The van der Waals surface area contributed by atoms with Gasteiger partial charge in [-0.25, -0.2) is 15.0 Å². The first-order valence-corrected chi connectivity index (χ1v) is 19.1. The van der Waals surface area contributed by atoms with E-state index in [4.69, 9.17) is 15.0 Å². The highest BCUT2D eigenvalue weighted by atomic mass is 15.0. The van der Waals surface area contributed by atoms with E-state index < -0.39 is 0 Å². The van der Waals surface area contributed by atoms with E-state index in [2.05, 4.69) is 129 Å². The zero-order valence-corrected chi connectivity index (χ0v) is 31.3. The lowest BCUT2D eigenvalue weighted by molar-refractivity contribution is 0.658. The Morgan fingerprint density at radius 3 is 1.42 bits per heavy atom. The number of rotatable bonds is 4. The predicted octanol–water partition coefficient (Wildman–Crippen LogP) is 12.6. The summed E-state index contributed by atoms with van der Waals surface area (Å²) in [4.78, 5) is 15.0. The smallest absolute Gasteiger partial charge is 0.164 e. The van der Waals surface area contributed by atoms with Gasteiger partial charge >= 0.3 is 0 Å². The second kappa shape index (κ2) is 11.4. The monoisotopic (exact) mass is 706 g/mol. The molecule has 11 rings (SSSR count). The number of hydrogen-bond acceptors (Lipinski definition) is 3. The summed E-state index contributed by atoms with van der Waals surface area (Å²) in [5.41, 5.74) is 17.1. The van der Waals surface area contributed by atoms with Crippen LogP contribution in [0.5, 0.6) is 0 Å². The Kier molecular flexibility index (Phi) is 6.61. The quantitative estimate of drug-likeness (QED) is 0.183. The van der Waals surface area contributed by atoms with Gasteiger partial charge in [0, 0.05) is 44.0 Å². The third-order valence-electron chi connectivity index (χ3n) is 12.2. The molecule has 55 heavy (non-hydrogen) atoms. The van der Waals surface area contributed by atoms with E-state index in [0.29, 0.717) is 17.5 Å². The molecule has 0 unspecified atom stereocenters. The van der Waals surface area contributed by atoms with Gasteiger partial charge in [0.2, 0.25) is 0 Å². The number of fused-ring (bicyclic) bond motifs is 12. The summed E-state index contributed by atoms with van der Waals surface area (Å²) >= 11 is 0. The van der Waals surface area contributed by atoms with E-state index in [1.54, 1.807) is 0 Å². The zero-order chi connectivity index (χ0) is 37.1. The van der Waals surface area contributed by atoms with Gasteiger partial charge in [-0.15, -0.1) is 0 Å². The summed E-state index contributed by atoms with van der Waals surface area (Å²) in [5.74, 6) is 1.97. The minimum atomic E-state index is -0.223. The average molecular weight is 707 g/mol. The van der Waals surface area contributed by atoms with Gasteiger partial charge in [0.1, 0.15) is 0 Å². The molecule has 0 radical (unpaired) electrons. The molecule has 4 heteroatoms. The SMILES string of the molecule is CC1(C)c2ccccc2-c2c3c(c4c(c21)c1ccccc1n4-c1ccc(-c2nc(-c4ccccc4)nc(-c4ccccc4)n2)cc1)C(C)(C)c1ccccc1-3. The van der Waals surface area contributed by atoms with Crippen LogP contribution < -0.4 is 0 Å². The van der Waals surface area contributed by atoms with E-state index >= 15 is 0 Å². The third kappa shape index (κ3) is 4.42. The average Bonchev–Trinajstić information content (AvgIpc) is 3.78. The Labute approximate surface area is 320 Å².